The fourth-order valence-corrected chi connectivity index (χ4v) is 2.52. The summed E-state index contributed by atoms with van der Waals surface area (Å²) >= 11 is 0. The Hall–Kier alpha value is -2.96. The van der Waals surface area contributed by atoms with E-state index < -0.39 is 17.7 Å². The van der Waals surface area contributed by atoms with Crippen molar-refractivity contribution < 1.29 is 27.8 Å². The second-order valence-corrected chi connectivity index (χ2v) is 6.65. The average molecular weight is 405 g/mol. The highest BCUT2D eigenvalue weighted by atomic mass is 19.1. The van der Waals surface area contributed by atoms with Crippen LogP contribution in [-0.4, -0.2) is 30.9 Å². The average Bonchev–Trinajstić information content (AvgIpc) is 2.70. The van der Waals surface area contributed by atoms with Crippen LogP contribution in [0.25, 0.3) is 0 Å². The Balaban J connectivity index is 1.73. The van der Waals surface area contributed by atoms with Gasteiger partial charge in [-0.05, 0) is 49.7 Å². The summed E-state index contributed by atoms with van der Waals surface area (Å²) in [5.41, 5.74) is 0.518. The van der Waals surface area contributed by atoms with Crippen LogP contribution in [0.4, 0.5) is 8.78 Å². The third-order valence-corrected chi connectivity index (χ3v) is 4.02. The number of hydrogen-bond donors (Lipinski definition) is 1. The molecule has 0 aliphatic carbocycles. The second kappa shape index (κ2) is 11.1. The first-order chi connectivity index (χ1) is 13.9. The molecule has 0 aliphatic rings. The third-order valence-electron chi connectivity index (χ3n) is 4.02. The Labute approximate surface area is 169 Å². The summed E-state index contributed by atoms with van der Waals surface area (Å²) in [6.45, 7) is 4.33. The highest BCUT2D eigenvalue weighted by Gasteiger charge is 2.13. The van der Waals surface area contributed by atoms with Gasteiger partial charge in [-0.2, -0.15) is 0 Å². The van der Waals surface area contributed by atoms with Gasteiger partial charge in [-0.15, -0.1) is 0 Å². The number of hydrogen-bond acceptors (Lipinski definition) is 4. The molecule has 0 radical (unpaired) electrons. The maximum Gasteiger partial charge on any atom is 0.220 e. The Kier molecular flexibility index (Phi) is 8.58. The van der Waals surface area contributed by atoms with E-state index in [1.54, 1.807) is 31.2 Å². The zero-order valence-electron chi connectivity index (χ0n) is 16.5. The minimum atomic E-state index is -0.805. The molecular weight excluding hydrogens is 380 g/mol. The van der Waals surface area contributed by atoms with E-state index in [4.69, 9.17) is 9.47 Å². The van der Waals surface area contributed by atoms with Crippen LogP contribution in [0.15, 0.2) is 42.5 Å². The first-order valence-electron chi connectivity index (χ1n) is 9.52. The summed E-state index contributed by atoms with van der Waals surface area (Å²) in [6, 6.07) is 9.43. The highest BCUT2D eigenvalue weighted by Crippen LogP contribution is 2.18. The second-order valence-electron chi connectivity index (χ2n) is 6.65. The monoisotopic (exact) mass is 405 g/mol. The number of ether oxygens (including phenoxy) is 2. The van der Waals surface area contributed by atoms with Gasteiger partial charge in [-0.3, -0.25) is 9.59 Å². The van der Waals surface area contributed by atoms with Crippen molar-refractivity contribution >= 4 is 11.7 Å². The minimum Gasteiger partial charge on any atom is -0.494 e. The Morgan fingerprint density at radius 1 is 1.03 bits per heavy atom. The number of benzene rings is 2. The number of halogens is 2. The molecule has 7 heteroatoms. The predicted octanol–water partition coefficient (Wildman–Crippen LogP) is 4.30. The van der Waals surface area contributed by atoms with Gasteiger partial charge in [-0.1, -0.05) is 6.92 Å². The largest absolute Gasteiger partial charge is 0.494 e. The van der Waals surface area contributed by atoms with E-state index in [9.17, 15) is 18.4 Å². The summed E-state index contributed by atoms with van der Waals surface area (Å²) in [5, 5.41) is 2.69. The molecular formula is C22H25F2NO4. The first-order valence-corrected chi connectivity index (χ1v) is 9.52. The molecule has 0 aliphatic heterocycles. The molecule has 2 aromatic carbocycles. The number of nitrogens with one attached hydrogen (secondary N) is 1. The lowest BCUT2D eigenvalue weighted by Crippen LogP contribution is -2.37. The van der Waals surface area contributed by atoms with Crippen molar-refractivity contribution in [3.8, 4) is 11.5 Å². The third kappa shape index (κ3) is 7.52. The molecule has 0 fully saturated rings. The number of carbonyl (C=O) groups is 2. The normalized spacial score (nSPS) is 11.6. The molecule has 5 nitrogen and oxygen atoms in total. The van der Waals surface area contributed by atoms with Crippen molar-refractivity contribution in [1.29, 1.82) is 0 Å². The van der Waals surface area contributed by atoms with E-state index in [-0.39, 0.29) is 36.9 Å². The summed E-state index contributed by atoms with van der Waals surface area (Å²) in [4.78, 5) is 24.2. The van der Waals surface area contributed by atoms with E-state index in [0.29, 0.717) is 17.9 Å². The van der Waals surface area contributed by atoms with Crippen molar-refractivity contribution in [2.24, 2.45) is 0 Å². The van der Waals surface area contributed by atoms with Gasteiger partial charge in [0.2, 0.25) is 5.91 Å². The molecule has 0 heterocycles. The maximum atomic E-state index is 13.5. The molecule has 0 bridgehead atoms. The van der Waals surface area contributed by atoms with Crippen LogP contribution in [0.1, 0.15) is 43.5 Å². The molecule has 2 rings (SSSR count). The van der Waals surface area contributed by atoms with Crippen LogP contribution in [0.5, 0.6) is 11.5 Å². The molecule has 0 aromatic heterocycles. The smallest absolute Gasteiger partial charge is 0.220 e. The molecule has 1 atom stereocenters. The Morgan fingerprint density at radius 2 is 1.76 bits per heavy atom. The number of amides is 1. The fourth-order valence-electron chi connectivity index (χ4n) is 2.52. The van der Waals surface area contributed by atoms with Crippen molar-refractivity contribution in [2.75, 3.05) is 13.2 Å². The predicted molar refractivity (Wildman–Crippen MR) is 105 cm³/mol. The quantitative estimate of drug-likeness (QED) is 0.566. The van der Waals surface area contributed by atoms with Crippen LogP contribution < -0.4 is 14.8 Å². The van der Waals surface area contributed by atoms with Crippen LogP contribution in [0.2, 0.25) is 0 Å². The van der Waals surface area contributed by atoms with Crippen LogP contribution in [0.3, 0.4) is 0 Å². The zero-order valence-corrected chi connectivity index (χ0v) is 16.5. The number of carbonyl (C=O) groups excluding carboxylic acids is 2. The van der Waals surface area contributed by atoms with Gasteiger partial charge in [0.05, 0.1) is 12.6 Å². The standard InChI is InChI=1S/C22H25F2NO4/c1-3-12-28-18-7-4-16(5-8-18)20(26)9-11-22(27)25-15(2)14-29-21-10-6-17(23)13-19(21)24/h4-8,10,13,15H,3,9,11-12,14H2,1-2H3,(H,25,27). The van der Waals surface area contributed by atoms with Crippen LogP contribution >= 0.6 is 0 Å². The van der Waals surface area contributed by atoms with Gasteiger partial charge in [-0.25, -0.2) is 8.78 Å². The zero-order chi connectivity index (χ0) is 21.2. The van der Waals surface area contributed by atoms with Gasteiger partial charge >= 0.3 is 0 Å². The van der Waals surface area contributed by atoms with Crippen molar-refractivity contribution in [3.63, 3.8) is 0 Å². The van der Waals surface area contributed by atoms with E-state index >= 15 is 0 Å². The summed E-state index contributed by atoms with van der Waals surface area (Å²) in [7, 11) is 0. The number of Topliss-reactive ketones (excluding diaryl/α,β-unsaturated/α-hetero) is 1. The van der Waals surface area contributed by atoms with Gasteiger partial charge < -0.3 is 14.8 Å². The Bertz CT molecular complexity index is 824. The molecule has 2 aromatic rings. The van der Waals surface area contributed by atoms with Crippen molar-refractivity contribution in [1.82, 2.24) is 5.32 Å². The van der Waals surface area contributed by atoms with Gasteiger partial charge in [0.15, 0.2) is 17.3 Å². The molecule has 0 saturated carbocycles. The molecule has 0 spiro atoms. The molecule has 156 valence electrons. The summed E-state index contributed by atoms with van der Waals surface area (Å²) < 4.78 is 37.1. The number of ketones is 1. The maximum absolute atomic E-state index is 13.5. The first kappa shape index (κ1) is 22.3. The van der Waals surface area contributed by atoms with Crippen molar-refractivity contribution in [2.45, 2.75) is 39.2 Å². The topological polar surface area (TPSA) is 64.6 Å². The molecule has 1 N–H and O–H groups in total. The van der Waals surface area contributed by atoms with Gasteiger partial charge in [0, 0.05) is 24.5 Å². The minimum absolute atomic E-state index is 0.0153. The van der Waals surface area contributed by atoms with Crippen molar-refractivity contribution in [3.05, 3.63) is 59.7 Å². The molecule has 1 amide bonds. The molecule has 29 heavy (non-hydrogen) atoms. The lowest BCUT2D eigenvalue weighted by Gasteiger charge is -2.15. The highest BCUT2D eigenvalue weighted by molar-refractivity contribution is 5.98. The lowest BCUT2D eigenvalue weighted by atomic mass is 10.1. The Morgan fingerprint density at radius 3 is 2.41 bits per heavy atom. The SMILES string of the molecule is CCCOc1ccc(C(=O)CCC(=O)NC(C)COc2ccc(F)cc2F)cc1. The number of rotatable bonds is 11. The van der Waals surface area contributed by atoms with E-state index in [1.807, 2.05) is 6.92 Å². The van der Waals surface area contributed by atoms with Gasteiger partial charge in [0.25, 0.3) is 0 Å². The van der Waals surface area contributed by atoms with E-state index in [0.717, 1.165) is 18.6 Å². The molecule has 1 unspecified atom stereocenters. The van der Waals surface area contributed by atoms with Crippen LogP contribution in [0, 0.1) is 11.6 Å². The van der Waals surface area contributed by atoms with E-state index in [1.165, 1.54) is 6.07 Å². The fraction of sp³-hybridized carbons (Fsp3) is 0.364. The summed E-state index contributed by atoms with van der Waals surface area (Å²) in [5.74, 6) is -1.33. The van der Waals surface area contributed by atoms with E-state index in [2.05, 4.69) is 5.32 Å². The lowest BCUT2D eigenvalue weighted by molar-refractivity contribution is -0.121. The van der Waals surface area contributed by atoms with Crippen LogP contribution in [-0.2, 0) is 4.79 Å². The molecule has 0 saturated heterocycles. The van der Waals surface area contributed by atoms with Gasteiger partial charge in [0.1, 0.15) is 18.2 Å². The summed E-state index contributed by atoms with van der Waals surface area (Å²) in [6.07, 6.45) is 1.00.